The van der Waals surface area contributed by atoms with Crippen LogP contribution in [0.25, 0.3) is 16.6 Å². The Bertz CT molecular complexity index is 1320. The van der Waals surface area contributed by atoms with Crippen molar-refractivity contribution in [2.45, 2.75) is 27.2 Å². The number of nitrogens with zero attached hydrogens (tertiary/aromatic N) is 3. The van der Waals surface area contributed by atoms with E-state index < -0.39 is 0 Å². The summed E-state index contributed by atoms with van der Waals surface area (Å²) in [5.74, 6) is -0.299. The number of carbonyl (C=O) groups excluding carboxylic acids is 1. The van der Waals surface area contributed by atoms with E-state index >= 15 is 0 Å². The Labute approximate surface area is 174 Å². The highest BCUT2D eigenvalue weighted by Gasteiger charge is 2.22. The number of aromatic nitrogens is 3. The van der Waals surface area contributed by atoms with Crippen molar-refractivity contribution in [1.82, 2.24) is 14.3 Å². The van der Waals surface area contributed by atoms with Crippen LogP contribution in [0.15, 0.2) is 59.4 Å². The molecule has 0 atom stereocenters. The molecule has 6 nitrogen and oxygen atoms in total. The molecule has 0 aliphatic carbocycles. The first kappa shape index (κ1) is 19.6. The van der Waals surface area contributed by atoms with Gasteiger partial charge in [-0.05, 0) is 44.0 Å². The summed E-state index contributed by atoms with van der Waals surface area (Å²) >= 11 is 0. The number of aryl methyl sites for hydroxylation is 1. The van der Waals surface area contributed by atoms with Crippen molar-refractivity contribution >= 4 is 22.5 Å². The summed E-state index contributed by atoms with van der Waals surface area (Å²) < 4.78 is 3.31. The molecule has 0 spiro atoms. The van der Waals surface area contributed by atoms with Crippen LogP contribution < -0.4 is 10.9 Å². The molecule has 6 heteroatoms. The number of hydrogen-bond acceptors (Lipinski definition) is 3. The molecule has 2 heterocycles. The number of anilines is 1. The average Bonchev–Trinajstić information content (AvgIpc) is 2.97. The second kappa shape index (κ2) is 7.63. The van der Waals surface area contributed by atoms with Crippen LogP contribution in [0.4, 0.5) is 5.69 Å². The van der Waals surface area contributed by atoms with Gasteiger partial charge >= 0.3 is 0 Å². The van der Waals surface area contributed by atoms with Gasteiger partial charge in [-0.15, -0.1) is 0 Å². The van der Waals surface area contributed by atoms with E-state index in [0.29, 0.717) is 11.3 Å². The minimum absolute atomic E-state index is 0.263. The third-order valence-electron chi connectivity index (χ3n) is 5.59. The summed E-state index contributed by atoms with van der Waals surface area (Å²) in [5.41, 5.74) is 4.50. The van der Waals surface area contributed by atoms with E-state index in [9.17, 15) is 9.59 Å². The molecule has 0 aliphatic heterocycles. The predicted molar refractivity (Wildman–Crippen MR) is 120 cm³/mol. The van der Waals surface area contributed by atoms with Crippen molar-refractivity contribution in [2.24, 2.45) is 7.05 Å². The van der Waals surface area contributed by atoms with Crippen molar-refractivity contribution in [1.29, 1.82) is 0 Å². The minimum Gasteiger partial charge on any atom is -0.316 e. The lowest BCUT2D eigenvalue weighted by atomic mass is 9.99. The molecule has 1 amide bonds. The predicted octanol–water partition coefficient (Wildman–Crippen LogP) is 4.16. The SMILES string of the molecule is CCc1nc2ccccc2c(C(=O)Nc2c(C)n(C)n(-c3ccccc3)c2=O)c1C. The van der Waals surface area contributed by atoms with E-state index in [2.05, 4.69) is 10.3 Å². The number of hydrogen-bond donors (Lipinski definition) is 1. The quantitative estimate of drug-likeness (QED) is 0.559. The summed E-state index contributed by atoms with van der Waals surface area (Å²) in [5, 5.41) is 3.67. The van der Waals surface area contributed by atoms with Crippen LogP contribution in [-0.2, 0) is 13.5 Å². The number of fused-ring (bicyclic) bond motifs is 1. The van der Waals surface area contributed by atoms with Gasteiger partial charge in [0, 0.05) is 18.1 Å². The minimum atomic E-state index is -0.299. The Kier molecular flexibility index (Phi) is 4.99. The molecule has 0 radical (unpaired) electrons. The highest BCUT2D eigenvalue weighted by Crippen LogP contribution is 2.25. The van der Waals surface area contributed by atoms with Crippen molar-refractivity contribution in [3.8, 4) is 5.69 Å². The molecule has 0 aliphatic rings. The Hall–Kier alpha value is -3.67. The summed E-state index contributed by atoms with van der Waals surface area (Å²) in [6.45, 7) is 5.75. The number of carbonyl (C=O) groups is 1. The van der Waals surface area contributed by atoms with Crippen molar-refractivity contribution in [3.05, 3.63) is 87.5 Å². The molecule has 2 aromatic heterocycles. The van der Waals surface area contributed by atoms with Crippen molar-refractivity contribution in [3.63, 3.8) is 0 Å². The van der Waals surface area contributed by atoms with Gasteiger partial charge in [-0.2, -0.15) is 0 Å². The highest BCUT2D eigenvalue weighted by molar-refractivity contribution is 6.13. The lowest BCUT2D eigenvalue weighted by Gasteiger charge is -2.13. The van der Waals surface area contributed by atoms with Gasteiger partial charge in [0.05, 0.1) is 22.5 Å². The zero-order valence-electron chi connectivity index (χ0n) is 17.6. The van der Waals surface area contributed by atoms with Crippen LogP contribution in [0, 0.1) is 13.8 Å². The summed E-state index contributed by atoms with van der Waals surface area (Å²) in [4.78, 5) is 31.2. The standard InChI is InChI=1S/C24H24N4O2/c1-5-19-15(2)21(18-13-9-10-14-20(18)25-19)23(29)26-22-16(3)27(4)28(24(22)30)17-11-7-6-8-12-17/h6-14H,5H2,1-4H3,(H,26,29). The van der Waals surface area contributed by atoms with E-state index in [1.807, 2.05) is 82.4 Å². The van der Waals surface area contributed by atoms with Crippen molar-refractivity contribution < 1.29 is 4.79 Å². The van der Waals surface area contributed by atoms with Gasteiger partial charge in [0.1, 0.15) is 5.69 Å². The molecule has 0 bridgehead atoms. The summed E-state index contributed by atoms with van der Waals surface area (Å²) in [6, 6.07) is 17.0. The first-order valence-corrected chi connectivity index (χ1v) is 9.97. The van der Waals surface area contributed by atoms with Crippen LogP contribution in [0.3, 0.4) is 0 Å². The molecular formula is C24H24N4O2. The number of para-hydroxylation sites is 2. The fourth-order valence-corrected chi connectivity index (χ4v) is 3.88. The number of pyridine rings is 1. The van der Waals surface area contributed by atoms with Crippen molar-refractivity contribution in [2.75, 3.05) is 5.32 Å². The first-order chi connectivity index (χ1) is 14.4. The normalized spacial score (nSPS) is 11.1. The third kappa shape index (κ3) is 3.10. The molecule has 0 saturated heterocycles. The maximum Gasteiger partial charge on any atom is 0.295 e. The van der Waals surface area contributed by atoms with Crippen LogP contribution in [0.5, 0.6) is 0 Å². The highest BCUT2D eigenvalue weighted by atomic mass is 16.2. The monoisotopic (exact) mass is 400 g/mol. The molecule has 152 valence electrons. The second-order valence-corrected chi connectivity index (χ2v) is 7.32. The van der Waals surface area contributed by atoms with Gasteiger partial charge < -0.3 is 5.32 Å². The lowest BCUT2D eigenvalue weighted by Crippen LogP contribution is -2.23. The second-order valence-electron chi connectivity index (χ2n) is 7.32. The Morgan fingerprint density at radius 3 is 2.40 bits per heavy atom. The summed E-state index contributed by atoms with van der Waals surface area (Å²) in [7, 11) is 1.81. The van der Waals surface area contributed by atoms with Gasteiger partial charge in [0.2, 0.25) is 0 Å². The average molecular weight is 400 g/mol. The molecule has 30 heavy (non-hydrogen) atoms. The topological polar surface area (TPSA) is 68.9 Å². The van der Waals surface area contributed by atoms with Gasteiger partial charge in [-0.25, -0.2) is 4.68 Å². The first-order valence-electron chi connectivity index (χ1n) is 9.97. The molecular weight excluding hydrogens is 376 g/mol. The van der Waals surface area contributed by atoms with E-state index in [4.69, 9.17) is 0 Å². The zero-order valence-corrected chi connectivity index (χ0v) is 17.6. The van der Waals surface area contributed by atoms with Gasteiger partial charge in [-0.3, -0.25) is 19.3 Å². The smallest absolute Gasteiger partial charge is 0.295 e. The van der Waals surface area contributed by atoms with Crippen LogP contribution >= 0.6 is 0 Å². The zero-order chi connectivity index (χ0) is 21.4. The van der Waals surface area contributed by atoms with E-state index in [-0.39, 0.29) is 17.2 Å². The molecule has 4 aromatic rings. The van der Waals surface area contributed by atoms with E-state index in [0.717, 1.165) is 34.3 Å². The Morgan fingerprint density at radius 1 is 1.03 bits per heavy atom. The maximum absolute atomic E-state index is 13.4. The molecule has 4 rings (SSSR count). The fourth-order valence-electron chi connectivity index (χ4n) is 3.88. The van der Waals surface area contributed by atoms with E-state index in [1.54, 1.807) is 9.36 Å². The van der Waals surface area contributed by atoms with Crippen LogP contribution in [0.1, 0.15) is 34.2 Å². The number of rotatable bonds is 4. The summed E-state index contributed by atoms with van der Waals surface area (Å²) in [6.07, 6.45) is 0.724. The van der Waals surface area contributed by atoms with Gasteiger partial charge in [-0.1, -0.05) is 43.3 Å². The number of nitrogens with one attached hydrogen (secondary N) is 1. The number of amides is 1. The third-order valence-corrected chi connectivity index (χ3v) is 5.59. The lowest BCUT2D eigenvalue weighted by molar-refractivity contribution is 0.102. The molecule has 0 fully saturated rings. The molecule has 2 aromatic carbocycles. The van der Waals surface area contributed by atoms with Gasteiger partial charge in [0.15, 0.2) is 0 Å². The largest absolute Gasteiger partial charge is 0.316 e. The van der Waals surface area contributed by atoms with Crippen LogP contribution in [-0.4, -0.2) is 20.3 Å². The molecule has 0 unspecified atom stereocenters. The van der Waals surface area contributed by atoms with Gasteiger partial charge in [0.25, 0.3) is 11.5 Å². The van der Waals surface area contributed by atoms with E-state index in [1.165, 1.54) is 0 Å². The number of benzene rings is 2. The maximum atomic E-state index is 13.4. The Morgan fingerprint density at radius 2 is 1.70 bits per heavy atom. The van der Waals surface area contributed by atoms with Crippen LogP contribution in [0.2, 0.25) is 0 Å². The Balaban J connectivity index is 1.83. The molecule has 0 saturated carbocycles. The molecule has 1 N–H and O–H groups in total. The fraction of sp³-hybridized carbons (Fsp3) is 0.208.